The first-order chi connectivity index (χ1) is 15.2. The molecule has 1 saturated carbocycles. The number of esters is 1. The number of hydrogen-bond acceptors (Lipinski definition) is 7. The van der Waals surface area contributed by atoms with Crippen molar-refractivity contribution in [3.8, 4) is 0 Å². The van der Waals surface area contributed by atoms with Gasteiger partial charge in [-0.1, -0.05) is 41.6 Å². The summed E-state index contributed by atoms with van der Waals surface area (Å²) in [6, 6.07) is 8.92. The number of hydrogen-bond donors (Lipinski definition) is 0. The molecule has 0 radical (unpaired) electrons. The van der Waals surface area contributed by atoms with Crippen LogP contribution in [-0.4, -0.2) is 51.9 Å². The number of ketones is 1. The summed E-state index contributed by atoms with van der Waals surface area (Å²) in [4.78, 5) is 48.2. The van der Waals surface area contributed by atoms with Gasteiger partial charge in [0.1, 0.15) is 5.54 Å². The Kier molecular flexibility index (Phi) is 7.90. The lowest BCUT2D eigenvalue weighted by atomic mass is 9.74. The first-order valence-electron chi connectivity index (χ1n) is 10.4. The number of aryl methyl sites for hydroxylation is 2. The quantitative estimate of drug-likeness (QED) is 0.341. The minimum absolute atomic E-state index is 0.0194. The van der Waals surface area contributed by atoms with E-state index in [2.05, 4.69) is 9.97 Å². The lowest BCUT2D eigenvalue weighted by Crippen LogP contribution is -2.55. The number of carbonyl (C=O) groups is 3. The van der Waals surface area contributed by atoms with Crippen molar-refractivity contribution in [2.45, 2.75) is 50.2 Å². The van der Waals surface area contributed by atoms with E-state index in [0.29, 0.717) is 28.6 Å². The fourth-order valence-electron chi connectivity index (χ4n) is 4.00. The number of carbonyl (C=O) groups excluding carboxylic acids is 3. The van der Waals surface area contributed by atoms with Crippen molar-refractivity contribution in [2.75, 3.05) is 19.4 Å². The van der Waals surface area contributed by atoms with Crippen LogP contribution in [0.25, 0.3) is 0 Å². The average molecular weight is 476 g/mol. The Balaban J connectivity index is 1.67. The van der Waals surface area contributed by atoms with Crippen LogP contribution in [0, 0.1) is 13.8 Å². The standard InChI is InChI=1S/C23H26ClN3O4S/c1-15-12-16(2)26-22(25-15)32-14-21(30)31-13-20(29)27(3)23(11-7-6-10-19(23)28)17-8-4-5-9-18(17)24/h4-5,8-9,12H,6-7,10-11,13-14H2,1-3H3/t23-/m0/s1. The Morgan fingerprint density at radius 1 is 1.19 bits per heavy atom. The Morgan fingerprint density at radius 3 is 2.53 bits per heavy atom. The van der Waals surface area contributed by atoms with Crippen molar-refractivity contribution in [3.63, 3.8) is 0 Å². The van der Waals surface area contributed by atoms with Crippen molar-refractivity contribution in [1.29, 1.82) is 0 Å². The third kappa shape index (κ3) is 5.30. The van der Waals surface area contributed by atoms with E-state index in [9.17, 15) is 14.4 Å². The topological polar surface area (TPSA) is 89.5 Å². The van der Waals surface area contributed by atoms with Crippen LogP contribution in [0.15, 0.2) is 35.5 Å². The summed E-state index contributed by atoms with van der Waals surface area (Å²) in [6.07, 6.45) is 2.42. The molecule has 0 N–H and O–H groups in total. The van der Waals surface area contributed by atoms with Crippen LogP contribution in [0.2, 0.25) is 5.02 Å². The predicted octanol–water partition coefficient (Wildman–Crippen LogP) is 3.88. The van der Waals surface area contributed by atoms with E-state index < -0.39 is 24.0 Å². The monoisotopic (exact) mass is 475 g/mol. The van der Waals surface area contributed by atoms with E-state index in [4.69, 9.17) is 16.3 Å². The fraction of sp³-hybridized carbons (Fsp3) is 0.435. The number of ether oxygens (including phenoxy) is 1. The molecule has 0 spiro atoms. The van der Waals surface area contributed by atoms with Crippen LogP contribution in [-0.2, 0) is 24.7 Å². The highest BCUT2D eigenvalue weighted by Gasteiger charge is 2.47. The number of amides is 1. The second-order valence-corrected chi connectivity index (χ2v) is 9.16. The number of nitrogens with zero attached hydrogens (tertiary/aromatic N) is 3. The molecule has 32 heavy (non-hydrogen) atoms. The summed E-state index contributed by atoms with van der Waals surface area (Å²) >= 11 is 7.57. The summed E-state index contributed by atoms with van der Waals surface area (Å²) < 4.78 is 5.19. The number of benzene rings is 1. The molecule has 1 amide bonds. The van der Waals surface area contributed by atoms with Gasteiger partial charge in [-0.15, -0.1) is 0 Å². The molecule has 1 aromatic heterocycles. The van der Waals surface area contributed by atoms with Crippen LogP contribution in [0.5, 0.6) is 0 Å². The fourth-order valence-corrected chi connectivity index (χ4v) is 5.04. The zero-order chi connectivity index (χ0) is 23.3. The summed E-state index contributed by atoms with van der Waals surface area (Å²) in [5.41, 5.74) is 1.08. The first-order valence-corrected chi connectivity index (χ1v) is 11.8. The number of Topliss-reactive ketones (excluding diaryl/α,β-unsaturated/α-hetero) is 1. The van der Waals surface area contributed by atoms with Gasteiger partial charge in [0, 0.05) is 35.4 Å². The second kappa shape index (κ2) is 10.4. The smallest absolute Gasteiger partial charge is 0.316 e. The molecule has 0 unspecified atom stereocenters. The van der Waals surface area contributed by atoms with Crippen LogP contribution >= 0.6 is 23.4 Å². The highest BCUT2D eigenvalue weighted by Crippen LogP contribution is 2.42. The van der Waals surface area contributed by atoms with Crippen molar-refractivity contribution >= 4 is 41.0 Å². The Labute approximate surface area is 196 Å². The molecule has 0 bridgehead atoms. The molecule has 7 nitrogen and oxygen atoms in total. The highest BCUT2D eigenvalue weighted by atomic mass is 35.5. The lowest BCUT2D eigenvalue weighted by Gasteiger charge is -2.43. The molecule has 1 aromatic carbocycles. The summed E-state index contributed by atoms with van der Waals surface area (Å²) in [7, 11) is 1.57. The van der Waals surface area contributed by atoms with Crippen LogP contribution in [0.3, 0.4) is 0 Å². The van der Waals surface area contributed by atoms with Gasteiger partial charge in [-0.25, -0.2) is 9.97 Å². The average Bonchev–Trinajstić information content (AvgIpc) is 2.76. The Hall–Kier alpha value is -2.45. The van der Waals surface area contributed by atoms with Gasteiger partial charge >= 0.3 is 5.97 Å². The molecule has 1 fully saturated rings. The van der Waals surface area contributed by atoms with E-state index in [0.717, 1.165) is 36.0 Å². The maximum atomic E-state index is 13.1. The summed E-state index contributed by atoms with van der Waals surface area (Å²) in [5.74, 6) is -1.09. The molecular formula is C23H26ClN3O4S. The molecule has 1 aliphatic carbocycles. The maximum absolute atomic E-state index is 13.1. The number of aromatic nitrogens is 2. The van der Waals surface area contributed by atoms with Gasteiger partial charge in [0.25, 0.3) is 5.91 Å². The van der Waals surface area contributed by atoms with Crippen LogP contribution in [0.1, 0.15) is 42.6 Å². The van der Waals surface area contributed by atoms with Gasteiger partial charge < -0.3 is 9.64 Å². The van der Waals surface area contributed by atoms with Gasteiger partial charge in [0.15, 0.2) is 17.5 Å². The van der Waals surface area contributed by atoms with E-state index in [1.165, 1.54) is 4.90 Å². The largest absolute Gasteiger partial charge is 0.455 e. The first kappa shape index (κ1) is 24.2. The number of thioether (sulfide) groups is 1. The summed E-state index contributed by atoms with van der Waals surface area (Å²) in [5, 5.41) is 0.914. The van der Waals surface area contributed by atoms with E-state index in [1.807, 2.05) is 19.9 Å². The van der Waals surface area contributed by atoms with Crippen LogP contribution in [0.4, 0.5) is 0 Å². The minimum Gasteiger partial charge on any atom is -0.455 e. The Bertz CT molecular complexity index is 1010. The van der Waals surface area contributed by atoms with Crippen molar-refractivity contribution < 1.29 is 19.1 Å². The number of halogens is 1. The van der Waals surface area contributed by atoms with Gasteiger partial charge in [0.2, 0.25) is 0 Å². The van der Waals surface area contributed by atoms with Gasteiger partial charge in [-0.05, 0) is 45.2 Å². The number of rotatable bonds is 7. The zero-order valence-corrected chi connectivity index (χ0v) is 20.0. The van der Waals surface area contributed by atoms with Gasteiger partial charge in [-0.3, -0.25) is 14.4 Å². The molecule has 9 heteroatoms. The van der Waals surface area contributed by atoms with E-state index in [1.54, 1.807) is 31.3 Å². The Morgan fingerprint density at radius 2 is 1.88 bits per heavy atom. The highest BCUT2D eigenvalue weighted by molar-refractivity contribution is 7.99. The molecule has 0 saturated heterocycles. The van der Waals surface area contributed by atoms with Gasteiger partial charge in [-0.2, -0.15) is 0 Å². The molecule has 1 aliphatic rings. The normalized spacial score (nSPS) is 18.3. The molecule has 3 rings (SSSR count). The lowest BCUT2D eigenvalue weighted by molar-refractivity contribution is -0.156. The molecule has 1 atom stereocenters. The SMILES string of the molecule is Cc1cc(C)nc(SCC(=O)OCC(=O)N(C)[C@]2(c3ccccc3Cl)CCCCC2=O)n1. The molecular weight excluding hydrogens is 450 g/mol. The van der Waals surface area contributed by atoms with Crippen LogP contribution < -0.4 is 0 Å². The van der Waals surface area contributed by atoms with Gasteiger partial charge in [0.05, 0.1) is 5.75 Å². The minimum atomic E-state index is -1.15. The summed E-state index contributed by atoms with van der Waals surface area (Å²) in [6.45, 7) is 3.25. The van der Waals surface area contributed by atoms with Crippen molar-refractivity contribution in [1.82, 2.24) is 14.9 Å². The maximum Gasteiger partial charge on any atom is 0.316 e. The van der Waals surface area contributed by atoms with Crippen molar-refractivity contribution in [2.24, 2.45) is 0 Å². The molecule has 0 aliphatic heterocycles. The van der Waals surface area contributed by atoms with E-state index in [-0.39, 0.29) is 11.5 Å². The molecule has 1 heterocycles. The number of likely N-dealkylation sites (N-methyl/N-ethyl adjacent to an activating group) is 1. The predicted molar refractivity (Wildman–Crippen MR) is 123 cm³/mol. The third-order valence-electron chi connectivity index (χ3n) is 5.56. The van der Waals surface area contributed by atoms with E-state index >= 15 is 0 Å². The third-order valence-corrected chi connectivity index (χ3v) is 6.71. The van der Waals surface area contributed by atoms with Crippen molar-refractivity contribution in [3.05, 3.63) is 52.3 Å². The molecule has 2 aromatic rings. The zero-order valence-electron chi connectivity index (χ0n) is 18.4. The second-order valence-electron chi connectivity index (χ2n) is 7.81. The molecule has 170 valence electrons.